The van der Waals surface area contributed by atoms with Crippen LogP contribution in [0.4, 0.5) is 4.39 Å². The number of nitrogens with zero attached hydrogens (tertiary/aromatic N) is 4. The molecule has 4 heterocycles. The fourth-order valence-electron chi connectivity index (χ4n) is 3.58. The first-order chi connectivity index (χ1) is 14.7. The SMILES string of the molecule is O=C(c1cc(-c2cccs2)on1)N1CCC[C@H](c2nnc(-c3ccccc3F)s2)C1. The molecule has 1 saturated heterocycles. The van der Waals surface area contributed by atoms with Gasteiger partial charge >= 0.3 is 0 Å². The van der Waals surface area contributed by atoms with E-state index in [1.54, 1.807) is 29.2 Å². The molecule has 0 radical (unpaired) electrons. The van der Waals surface area contributed by atoms with Crippen molar-refractivity contribution in [3.05, 3.63) is 64.4 Å². The second kappa shape index (κ2) is 8.08. The predicted molar refractivity (Wildman–Crippen MR) is 113 cm³/mol. The first-order valence-electron chi connectivity index (χ1n) is 9.57. The molecule has 3 aromatic heterocycles. The summed E-state index contributed by atoms with van der Waals surface area (Å²) in [7, 11) is 0. The van der Waals surface area contributed by atoms with Crippen LogP contribution in [0.15, 0.2) is 52.4 Å². The Morgan fingerprint density at radius 3 is 2.93 bits per heavy atom. The summed E-state index contributed by atoms with van der Waals surface area (Å²) in [4.78, 5) is 15.7. The van der Waals surface area contributed by atoms with Gasteiger partial charge in [-0.1, -0.05) is 34.7 Å². The van der Waals surface area contributed by atoms with Gasteiger partial charge in [-0.2, -0.15) is 0 Å². The van der Waals surface area contributed by atoms with E-state index in [1.807, 2.05) is 17.5 Å². The molecule has 0 saturated carbocycles. The molecule has 9 heteroatoms. The van der Waals surface area contributed by atoms with Crippen LogP contribution in [0.2, 0.25) is 0 Å². The standard InChI is InChI=1S/C21H17FN4O2S2/c22-15-7-2-1-6-14(15)20-24-23-19(30-20)13-5-3-9-26(12-13)21(27)16-11-17(28-25-16)18-8-4-10-29-18/h1-2,4,6-8,10-11,13H,3,5,9,12H2/t13-/m0/s1. The lowest BCUT2D eigenvalue weighted by atomic mass is 9.98. The number of hydrogen-bond acceptors (Lipinski definition) is 7. The minimum absolute atomic E-state index is 0.0735. The first kappa shape index (κ1) is 19.1. The number of halogens is 1. The Bertz CT molecular complexity index is 1170. The van der Waals surface area contributed by atoms with Crippen molar-refractivity contribution in [2.24, 2.45) is 0 Å². The highest BCUT2D eigenvalue weighted by Gasteiger charge is 2.29. The van der Waals surface area contributed by atoms with Crippen LogP contribution in [0, 0.1) is 5.82 Å². The molecule has 0 spiro atoms. The van der Waals surface area contributed by atoms with Gasteiger partial charge in [-0.15, -0.1) is 21.5 Å². The minimum atomic E-state index is -0.312. The van der Waals surface area contributed by atoms with Crippen molar-refractivity contribution in [1.82, 2.24) is 20.3 Å². The maximum atomic E-state index is 14.1. The molecule has 30 heavy (non-hydrogen) atoms. The first-order valence-corrected chi connectivity index (χ1v) is 11.3. The maximum Gasteiger partial charge on any atom is 0.276 e. The maximum absolute atomic E-state index is 14.1. The van der Waals surface area contributed by atoms with Crippen molar-refractivity contribution in [1.29, 1.82) is 0 Å². The molecule has 4 aromatic rings. The zero-order chi connectivity index (χ0) is 20.5. The van der Waals surface area contributed by atoms with Gasteiger partial charge < -0.3 is 9.42 Å². The van der Waals surface area contributed by atoms with Crippen molar-refractivity contribution >= 4 is 28.6 Å². The van der Waals surface area contributed by atoms with Gasteiger partial charge in [0.15, 0.2) is 16.5 Å². The molecule has 0 N–H and O–H groups in total. The second-order valence-corrected chi connectivity index (χ2v) is 9.03. The van der Waals surface area contributed by atoms with Crippen molar-refractivity contribution in [3.63, 3.8) is 0 Å². The molecule has 0 aliphatic carbocycles. The van der Waals surface area contributed by atoms with E-state index in [-0.39, 0.29) is 17.6 Å². The molecule has 1 aliphatic heterocycles. The fourth-order valence-corrected chi connectivity index (χ4v) is 5.25. The van der Waals surface area contributed by atoms with Crippen LogP contribution in [0.1, 0.15) is 34.3 Å². The predicted octanol–water partition coefficient (Wildman–Crippen LogP) is 5.08. The Labute approximate surface area is 180 Å². The van der Waals surface area contributed by atoms with Gasteiger partial charge in [0.1, 0.15) is 10.8 Å². The van der Waals surface area contributed by atoms with Crippen LogP contribution < -0.4 is 0 Å². The third kappa shape index (κ3) is 3.66. The summed E-state index contributed by atoms with van der Waals surface area (Å²) in [5.41, 5.74) is 0.761. The van der Waals surface area contributed by atoms with E-state index >= 15 is 0 Å². The Balaban J connectivity index is 1.32. The lowest BCUT2D eigenvalue weighted by Gasteiger charge is -2.30. The van der Waals surface area contributed by atoms with Gasteiger partial charge in [0.25, 0.3) is 5.91 Å². The van der Waals surface area contributed by atoms with E-state index in [9.17, 15) is 9.18 Å². The van der Waals surface area contributed by atoms with E-state index < -0.39 is 0 Å². The summed E-state index contributed by atoms with van der Waals surface area (Å²) in [6.07, 6.45) is 1.77. The summed E-state index contributed by atoms with van der Waals surface area (Å²) in [6.45, 7) is 1.20. The number of aromatic nitrogens is 3. The third-order valence-electron chi connectivity index (χ3n) is 5.10. The molecule has 1 fully saturated rings. The normalized spacial score (nSPS) is 16.7. The molecule has 152 valence electrons. The van der Waals surface area contributed by atoms with E-state index in [4.69, 9.17) is 4.52 Å². The van der Waals surface area contributed by atoms with Crippen molar-refractivity contribution in [2.45, 2.75) is 18.8 Å². The summed E-state index contributed by atoms with van der Waals surface area (Å²) >= 11 is 2.92. The number of benzene rings is 1. The average Bonchev–Trinajstić information content (AvgIpc) is 3.55. The van der Waals surface area contributed by atoms with Crippen LogP contribution in [0.3, 0.4) is 0 Å². The number of carbonyl (C=O) groups is 1. The lowest BCUT2D eigenvalue weighted by Crippen LogP contribution is -2.39. The quantitative estimate of drug-likeness (QED) is 0.442. The van der Waals surface area contributed by atoms with E-state index in [2.05, 4.69) is 15.4 Å². The number of hydrogen-bond donors (Lipinski definition) is 0. The van der Waals surface area contributed by atoms with Gasteiger partial charge in [-0.25, -0.2) is 4.39 Å². The largest absolute Gasteiger partial charge is 0.355 e. The van der Waals surface area contributed by atoms with Gasteiger partial charge in [-0.05, 0) is 36.4 Å². The number of carbonyl (C=O) groups excluding carboxylic acids is 1. The smallest absolute Gasteiger partial charge is 0.276 e. The van der Waals surface area contributed by atoms with Crippen LogP contribution in [-0.4, -0.2) is 39.3 Å². The van der Waals surface area contributed by atoms with Crippen LogP contribution in [0.5, 0.6) is 0 Å². The zero-order valence-corrected chi connectivity index (χ0v) is 17.5. The molecule has 6 nitrogen and oxygen atoms in total. The van der Waals surface area contributed by atoms with Crippen molar-refractivity contribution in [2.75, 3.05) is 13.1 Å². The van der Waals surface area contributed by atoms with Gasteiger partial charge in [0.2, 0.25) is 0 Å². The van der Waals surface area contributed by atoms with E-state index in [1.165, 1.54) is 28.7 Å². The monoisotopic (exact) mass is 440 g/mol. The molecule has 1 atom stereocenters. The molecule has 0 bridgehead atoms. The second-order valence-electron chi connectivity index (χ2n) is 7.07. The Morgan fingerprint density at radius 1 is 1.20 bits per heavy atom. The van der Waals surface area contributed by atoms with Crippen molar-refractivity contribution < 1.29 is 13.7 Å². The minimum Gasteiger partial charge on any atom is -0.355 e. The van der Waals surface area contributed by atoms with E-state index in [0.717, 1.165) is 22.7 Å². The van der Waals surface area contributed by atoms with Gasteiger partial charge in [-0.3, -0.25) is 4.79 Å². The topological polar surface area (TPSA) is 72.1 Å². The molecule has 0 unspecified atom stereocenters. The Kier molecular flexibility index (Phi) is 5.14. The highest BCUT2D eigenvalue weighted by atomic mass is 32.1. The molecule has 1 aromatic carbocycles. The molecule has 1 aliphatic rings. The molecular weight excluding hydrogens is 423 g/mol. The molecule has 5 rings (SSSR count). The number of likely N-dealkylation sites (tertiary alicyclic amines) is 1. The summed E-state index contributed by atoms with van der Waals surface area (Å²) < 4.78 is 19.4. The number of thiophene rings is 1. The molecule has 1 amide bonds. The number of rotatable bonds is 4. The van der Waals surface area contributed by atoms with Crippen LogP contribution in [-0.2, 0) is 0 Å². The van der Waals surface area contributed by atoms with E-state index in [0.29, 0.717) is 35.1 Å². The third-order valence-corrected chi connectivity index (χ3v) is 7.10. The zero-order valence-electron chi connectivity index (χ0n) is 15.8. The van der Waals surface area contributed by atoms with Crippen molar-refractivity contribution in [3.8, 4) is 21.2 Å². The van der Waals surface area contributed by atoms with Crippen LogP contribution in [0.25, 0.3) is 21.2 Å². The van der Waals surface area contributed by atoms with Crippen LogP contribution >= 0.6 is 22.7 Å². The summed E-state index contributed by atoms with van der Waals surface area (Å²) in [6, 6.07) is 12.1. The highest BCUT2D eigenvalue weighted by molar-refractivity contribution is 7.14. The van der Waals surface area contributed by atoms with Gasteiger partial charge in [0, 0.05) is 30.6 Å². The lowest BCUT2D eigenvalue weighted by molar-refractivity contribution is 0.0696. The Hall–Kier alpha value is -2.91. The average molecular weight is 441 g/mol. The summed E-state index contributed by atoms with van der Waals surface area (Å²) in [5, 5.41) is 15.8. The number of amides is 1. The fraction of sp³-hybridized carbons (Fsp3) is 0.238. The van der Waals surface area contributed by atoms with Gasteiger partial charge in [0.05, 0.1) is 4.88 Å². The highest BCUT2D eigenvalue weighted by Crippen LogP contribution is 2.34. The number of piperidine rings is 1. The summed E-state index contributed by atoms with van der Waals surface area (Å²) in [5.74, 6) is 0.211. The molecular formula is C21H17FN4O2S2. The Morgan fingerprint density at radius 2 is 2.10 bits per heavy atom.